The zero-order valence-electron chi connectivity index (χ0n) is 10.3. The Kier molecular flexibility index (Phi) is 6.83. The Morgan fingerprint density at radius 3 is 2.36 bits per heavy atom. The van der Waals surface area contributed by atoms with Crippen LogP contribution in [0.2, 0.25) is 0 Å². The molecule has 1 unspecified atom stereocenters. The van der Waals surface area contributed by atoms with E-state index in [-0.39, 0.29) is 5.54 Å². The predicted octanol–water partition coefficient (Wildman–Crippen LogP) is 2.04. The summed E-state index contributed by atoms with van der Waals surface area (Å²) in [6.45, 7) is 8.66. The van der Waals surface area contributed by atoms with Gasteiger partial charge in [-0.05, 0) is 32.6 Å². The molecule has 0 aromatic carbocycles. The highest BCUT2D eigenvalue weighted by atomic mass is 32.2. The Bertz CT molecular complexity index is 150. The highest BCUT2D eigenvalue weighted by Gasteiger charge is 2.27. The molecule has 0 bridgehead atoms. The highest BCUT2D eigenvalue weighted by Crippen LogP contribution is 2.21. The van der Waals surface area contributed by atoms with Crippen LogP contribution >= 0.6 is 11.8 Å². The van der Waals surface area contributed by atoms with Gasteiger partial charge in [0.05, 0.1) is 0 Å². The number of nitrogens with two attached hydrogens (primary N) is 1. The summed E-state index contributed by atoms with van der Waals surface area (Å²) in [6, 6.07) is 0. The molecule has 86 valence electrons. The third-order valence-electron chi connectivity index (χ3n) is 2.84. The molecule has 0 heterocycles. The van der Waals surface area contributed by atoms with Crippen molar-refractivity contribution in [1.82, 2.24) is 4.90 Å². The van der Waals surface area contributed by atoms with E-state index in [0.717, 1.165) is 13.1 Å². The van der Waals surface area contributed by atoms with Gasteiger partial charge in [0.2, 0.25) is 0 Å². The summed E-state index contributed by atoms with van der Waals surface area (Å²) in [5.41, 5.74) is 6.05. The molecule has 0 fully saturated rings. The van der Waals surface area contributed by atoms with Crippen LogP contribution in [0.4, 0.5) is 0 Å². The third-order valence-corrected chi connectivity index (χ3v) is 3.43. The van der Waals surface area contributed by atoms with Crippen LogP contribution < -0.4 is 5.73 Å². The Hall–Kier alpha value is 0.270. The van der Waals surface area contributed by atoms with Crippen LogP contribution in [0.1, 0.15) is 27.2 Å². The summed E-state index contributed by atoms with van der Waals surface area (Å²) in [5, 5.41) is 0. The molecule has 3 heteroatoms. The molecule has 0 aliphatic heterocycles. The van der Waals surface area contributed by atoms with Crippen LogP contribution in [-0.4, -0.2) is 42.6 Å². The molecule has 0 spiro atoms. The number of rotatable bonds is 7. The van der Waals surface area contributed by atoms with Gasteiger partial charge in [-0.3, -0.25) is 4.90 Å². The van der Waals surface area contributed by atoms with Gasteiger partial charge in [-0.15, -0.1) is 0 Å². The normalized spacial score (nSPS) is 16.3. The highest BCUT2D eigenvalue weighted by molar-refractivity contribution is 7.98. The lowest BCUT2D eigenvalue weighted by atomic mass is 9.89. The van der Waals surface area contributed by atoms with Crippen molar-refractivity contribution in [2.45, 2.75) is 32.7 Å². The second kappa shape index (κ2) is 6.70. The van der Waals surface area contributed by atoms with Crippen molar-refractivity contribution < 1.29 is 0 Å². The van der Waals surface area contributed by atoms with Gasteiger partial charge < -0.3 is 5.73 Å². The van der Waals surface area contributed by atoms with E-state index in [9.17, 15) is 0 Å². The lowest BCUT2D eigenvalue weighted by Gasteiger charge is -2.39. The van der Waals surface area contributed by atoms with Gasteiger partial charge in [0.15, 0.2) is 0 Å². The van der Waals surface area contributed by atoms with Gasteiger partial charge in [0.1, 0.15) is 0 Å². The van der Waals surface area contributed by atoms with Crippen LogP contribution in [-0.2, 0) is 0 Å². The fourth-order valence-electron chi connectivity index (χ4n) is 1.77. The molecule has 14 heavy (non-hydrogen) atoms. The second-order valence-corrected chi connectivity index (χ2v) is 5.70. The quantitative estimate of drug-likeness (QED) is 0.709. The third kappa shape index (κ3) is 4.67. The van der Waals surface area contributed by atoms with Crippen molar-refractivity contribution in [3.05, 3.63) is 0 Å². The Labute approximate surface area is 93.6 Å². The Balaban J connectivity index is 4.19. The average molecular weight is 218 g/mol. The van der Waals surface area contributed by atoms with Gasteiger partial charge >= 0.3 is 0 Å². The molecule has 0 saturated heterocycles. The molecule has 0 aromatic rings. The standard InChI is InChI=1S/C11H26N2S/c1-10(2)8-11(3,9-12)13(4)6-7-14-5/h10H,6-9,12H2,1-5H3. The first-order chi connectivity index (χ1) is 6.46. The molecule has 1 atom stereocenters. The molecular weight excluding hydrogens is 192 g/mol. The van der Waals surface area contributed by atoms with E-state index in [0.29, 0.717) is 5.92 Å². The largest absolute Gasteiger partial charge is 0.329 e. The SMILES string of the molecule is CSCCN(C)C(C)(CN)CC(C)C. The number of nitrogens with zero attached hydrogens (tertiary/aromatic N) is 1. The second-order valence-electron chi connectivity index (χ2n) is 4.71. The van der Waals surface area contributed by atoms with Crippen molar-refractivity contribution >= 4 is 11.8 Å². The predicted molar refractivity (Wildman–Crippen MR) is 67.9 cm³/mol. The maximum Gasteiger partial charge on any atom is 0.0303 e. The average Bonchev–Trinajstić information content (AvgIpc) is 2.12. The number of hydrogen-bond acceptors (Lipinski definition) is 3. The smallest absolute Gasteiger partial charge is 0.0303 e. The first-order valence-electron chi connectivity index (χ1n) is 5.36. The maximum absolute atomic E-state index is 5.88. The number of hydrogen-bond donors (Lipinski definition) is 1. The lowest BCUT2D eigenvalue weighted by molar-refractivity contribution is 0.127. The first-order valence-corrected chi connectivity index (χ1v) is 6.76. The summed E-state index contributed by atoms with van der Waals surface area (Å²) in [7, 11) is 2.19. The zero-order chi connectivity index (χ0) is 11.2. The van der Waals surface area contributed by atoms with E-state index in [1.165, 1.54) is 12.2 Å². The van der Waals surface area contributed by atoms with Crippen LogP contribution in [0.25, 0.3) is 0 Å². The van der Waals surface area contributed by atoms with Crippen molar-refractivity contribution in [3.63, 3.8) is 0 Å². The lowest BCUT2D eigenvalue weighted by Crippen LogP contribution is -2.51. The molecule has 0 radical (unpaired) electrons. The van der Waals surface area contributed by atoms with Crippen LogP contribution in [0, 0.1) is 5.92 Å². The van der Waals surface area contributed by atoms with Crippen molar-refractivity contribution in [2.75, 3.05) is 32.1 Å². The van der Waals surface area contributed by atoms with E-state index in [2.05, 4.69) is 39.0 Å². The summed E-state index contributed by atoms with van der Waals surface area (Å²) >= 11 is 1.89. The zero-order valence-corrected chi connectivity index (χ0v) is 11.2. The van der Waals surface area contributed by atoms with Gasteiger partial charge in [-0.1, -0.05) is 13.8 Å². The van der Waals surface area contributed by atoms with Crippen molar-refractivity contribution in [2.24, 2.45) is 11.7 Å². The topological polar surface area (TPSA) is 29.3 Å². The van der Waals surface area contributed by atoms with Gasteiger partial charge in [0.25, 0.3) is 0 Å². The summed E-state index contributed by atoms with van der Waals surface area (Å²) in [4.78, 5) is 2.41. The fraction of sp³-hybridized carbons (Fsp3) is 1.00. The molecule has 0 aliphatic rings. The van der Waals surface area contributed by atoms with Crippen molar-refractivity contribution in [3.8, 4) is 0 Å². The van der Waals surface area contributed by atoms with E-state index in [1.54, 1.807) is 0 Å². The van der Waals surface area contributed by atoms with Gasteiger partial charge in [-0.25, -0.2) is 0 Å². The van der Waals surface area contributed by atoms with Gasteiger partial charge in [0, 0.05) is 24.4 Å². The van der Waals surface area contributed by atoms with Crippen LogP contribution in [0.5, 0.6) is 0 Å². The summed E-state index contributed by atoms with van der Waals surface area (Å²) < 4.78 is 0. The fourth-order valence-corrected chi connectivity index (χ4v) is 2.23. The van der Waals surface area contributed by atoms with Gasteiger partial charge in [-0.2, -0.15) is 11.8 Å². The molecule has 2 nitrogen and oxygen atoms in total. The summed E-state index contributed by atoms with van der Waals surface area (Å²) in [6.07, 6.45) is 3.32. The molecule has 0 rings (SSSR count). The van der Waals surface area contributed by atoms with E-state index < -0.39 is 0 Å². The van der Waals surface area contributed by atoms with E-state index in [4.69, 9.17) is 5.73 Å². The molecular formula is C11H26N2S. The molecule has 0 saturated carbocycles. The first kappa shape index (κ1) is 14.3. The molecule has 0 amide bonds. The van der Waals surface area contributed by atoms with E-state index >= 15 is 0 Å². The van der Waals surface area contributed by atoms with Crippen LogP contribution in [0.3, 0.4) is 0 Å². The minimum atomic E-state index is 0.171. The molecule has 0 aliphatic carbocycles. The molecule has 0 aromatic heterocycles. The van der Waals surface area contributed by atoms with Crippen LogP contribution in [0.15, 0.2) is 0 Å². The molecule has 2 N–H and O–H groups in total. The Morgan fingerprint density at radius 1 is 1.43 bits per heavy atom. The Morgan fingerprint density at radius 2 is 2.00 bits per heavy atom. The van der Waals surface area contributed by atoms with Crippen molar-refractivity contribution in [1.29, 1.82) is 0 Å². The number of thioether (sulfide) groups is 1. The maximum atomic E-state index is 5.88. The monoisotopic (exact) mass is 218 g/mol. The minimum Gasteiger partial charge on any atom is -0.329 e. The minimum absolute atomic E-state index is 0.171. The summed E-state index contributed by atoms with van der Waals surface area (Å²) in [5.74, 6) is 1.89. The van der Waals surface area contributed by atoms with E-state index in [1.807, 2.05) is 11.8 Å². The number of likely N-dealkylation sites (N-methyl/N-ethyl adjacent to an activating group) is 1.